The van der Waals surface area contributed by atoms with Crippen LogP contribution in [0, 0.1) is 5.95 Å². The number of amides is 2. The third-order valence-corrected chi connectivity index (χ3v) is 4.90. The second-order valence-corrected chi connectivity index (χ2v) is 7.26. The van der Waals surface area contributed by atoms with Gasteiger partial charge in [-0.3, -0.25) is 5.32 Å². The second-order valence-electron chi connectivity index (χ2n) is 5.27. The Hall–Kier alpha value is -3.06. The number of carbonyl (C=O) groups is 1. The van der Waals surface area contributed by atoms with E-state index in [1.807, 2.05) is 0 Å². The summed E-state index contributed by atoms with van der Waals surface area (Å²) in [6.07, 6.45) is 0.483. The molecule has 0 radical (unpaired) electrons. The number of methoxy groups -OCH3 is 1. The van der Waals surface area contributed by atoms with E-state index in [-0.39, 0.29) is 22.6 Å². The normalized spacial score (nSPS) is 11.4. The van der Waals surface area contributed by atoms with Gasteiger partial charge in [0.05, 0.1) is 12.8 Å². The smallest absolute Gasteiger partial charge is 0.335 e. The van der Waals surface area contributed by atoms with Gasteiger partial charge in [0.25, 0.3) is 16.0 Å². The van der Waals surface area contributed by atoms with Crippen LogP contribution in [0.2, 0.25) is 5.15 Å². The van der Waals surface area contributed by atoms with Crippen LogP contribution in [0.25, 0.3) is 5.65 Å². The third-order valence-electron chi connectivity index (χ3n) is 3.40. The van der Waals surface area contributed by atoms with Crippen molar-refractivity contribution in [1.29, 1.82) is 0 Å². The van der Waals surface area contributed by atoms with Crippen LogP contribution in [0.4, 0.5) is 15.1 Å². The van der Waals surface area contributed by atoms with Crippen molar-refractivity contribution in [2.45, 2.75) is 18.4 Å². The van der Waals surface area contributed by atoms with Crippen LogP contribution in [0.5, 0.6) is 5.88 Å². The highest BCUT2D eigenvalue weighted by Gasteiger charge is 2.29. The number of sulfonamides is 1. The van der Waals surface area contributed by atoms with Gasteiger partial charge in [-0.05, 0) is 18.6 Å². The van der Waals surface area contributed by atoms with E-state index in [2.05, 4.69) is 25.4 Å². The number of anilines is 1. The minimum Gasteiger partial charge on any atom is -0.481 e. The highest BCUT2D eigenvalue weighted by atomic mass is 35.5. The van der Waals surface area contributed by atoms with Crippen LogP contribution in [-0.2, 0) is 16.4 Å². The molecule has 0 aliphatic heterocycles. The molecule has 0 unspecified atom stereocenters. The average molecular weight is 430 g/mol. The minimum atomic E-state index is -4.66. The van der Waals surface area contributed by atoms with E-state index in [1.165, 1.54) is 19.2 Å². The number of hydrogen-bond donors (Lipinski definition) is 2. The molecular formula is C14H13ClFN7O4S. The van der Waals surface area contributed by atoms with Crippen LogP contribution in [0.1, 0.15) is 12.6 Å². The van der Waals surface area contributed by atoms with Crippen LogP contribution < -0.4 is 14.8 Å². The lowest BCUT2D eigenvalue weighted by atomic mass is 10.3. The zero-order valence-electron chi connectivity index (χ0n) is 14.5. The Labute approximate surface area is 163 Å². The highest BCUT2D eigenvalue weighted by Crippen LogP contribution is 2.18. The molecule has 2 amide bonds. The molecule has 0 atom stereocenters. The molecule has 0 aromatic carbocycles. The van der Waals surface area contributed by atoms with Crippen LogP contribution in [-0.4, -0.2) is 46.1 Å². The van der Waals surface area contributed by atoms with Crippen LogP contribution >= 0.6 is 11.6 Å². The molecule has 0 spiro atoms. The van der Waals surface area contributed by atoms with Crippen molar-refractivity contribution in [3.8, 4) is 5.88 Å². The van der Waals surface area contributed by atoms with E-state index in [9.17, 15) is 17.6 Å². The summed E-state index contributed by atoms with van der Waals surface area (Å²) in [6.45, 7) is 1.79. The Bertz CT molecular complexity index is 1170. The lowest BCUT2D eigenvalue weighted by molar-refractivity contribution is 0.256. The molecule has 3 rings (SSSR count). The second kappa shape index (κ2) is 7.52. The summed E-state index contributed by atoms with van der Waals surface area (Å²) < 4.78 is 46.5. The van der Waals surface area contributed by atoms with E-state index < -0.39 is 27.0 Å². The molecule has 0 aliphatic carbocycles. The molecular weight excluding hydrogens is 417 g/mol. The van der Waals surface area contributed by atoms with Gasteiger partial charge in [-0.25, -0.2) is 14.5 Å². The summed E-state index contributed by atoms with van der Waals surface area (Å²) in [7, 11) is -3.35. The predicted octanol–water partition coefficient (Wildman–Crippen LogP) is 1.39. The molecule has 0 saturated heterocycles. The Morgan fingerprint density at radius 1 is 1.32 bits per heavy atom. The Morgan fingerprint density at radius 2 is 2.07 bits per heavy atom. The summed E-state index contributed by atoms with van der Waals surface area (Å²) in [6, 6.07) is 3.04. The standard InChI is InChI=1S/C14H13ClFN7O4S/c1-3-7-4-5-9-18-11(16)12(23(9)21-7)28(25,26)22-14(24)20-13-17-8(15)6-10(19-13)27-2/h4-6H,3H2,1-2H3,(H2,17,19,20,22,24). The summed E-state index contributed by atoms with van der Waals surface area (Å²) in [5, 5.41) is 5.14. The molecule has 11 nitrogen and oxygen atoms in total. The van der Waals surface area contributed by atoms with Gasteiger partial charge in [-0.15, -0.1) is 0 Å². The van der Waals surface area contributed by atoms with Gasteiger partial charge in [0.2, 0.25) is 16.9 Å². The zero-order valence-corrected chi connectivity index (χ0v) is 16.0. The number of aryl methyl sites for hydroxylation is 1. The Morgan fingerprint density at radius 3 is 2.75 bits per heavy atom. The summed E-state index contributed by atoms with van der Waals surface area (Å²) >= 11 is 5.75. The van der Waals surface area contributed by atoms with Crippen molar-refractivity contribution in [3.63, 3.8) is 0 Å². The van der Waals surface area contributed by atoms with Gasteiger partial charge in [-0.2, -0.15) is 32.4 Å². The van der Waals surface area contributed by atoms with E-state index in [4.69, 9.17) is 16.3 Å². The molecule has 3 aromatic rings. The number of nitrogens with zero attached hydrogens (tertiary/aromatic N) is 5. The number of hydrogen-bond acceptors (Lipinski definition) is 8. The first kappa shape index (κ1) is 19.7. The van der Waals surface area contributed by atoms with Gasteiger partial charge < -0.3 is 4.74 Å². The van der Waals surface area contributed by atoms with E-state index in [0.29, 0.717) is 12.1 Å². The number of halogens is 2. The summed E-state index contributed by atoms with van der Waals surface area (Å²) in [4.78, 5) is 23.1. The Kier molecular flexibility index (Phi) is 5.29. The quantitative estimate of drug-likeness (QED) is 0.580. The monoisotopic (exact) mass is 429 g/mol. The first-order valence-corrected chi connectivity index (χ1v) is 9.56. The topological polar surface area (TPSA) is 140 Å². The molecule has 0 bridgehead atoms. The van der Waals surface area contributed by atoms with E-state index >= 15 is 0 Å². The lowest BCUT2D eigenvalue weighted by Gasteiger charge is -2.08. The third kappa shape index (κ3) is 3.94. The van der Waals surface area contributed by atoms with Crippen molar-refractivity contribution in [2.75, 3.05) is 12.4 Å². The molecule has 3 aromatic heterocycles. The van der Waals surface area contributed by atoms with Gasteiger partial charge in [-0.1, -0.05) is 18.5 Å². The molecule has 0 aliphatic rings. The molecule has 0 saturated carbocycles. The number of urea groups is 1. The molecule has 0 fully saturated rings. The number of rotatable bonds is 5. The van der Waals surface area contributed by atoms with Crippen LogP contribution in [0.15, 0.2) is 23.2 Å². The molecule has 148 valence electrons. The lowest BCUT2D eigenvalue weighted by Crippen LogP contribution is -2.36. The minimum absolute atomic E-state index is 0.0293. The summed E-state index contributed by atoms with van der Waals surface area (Å²) in [5.74, 6) is -1.58. The maximum atomic E-state index is 14.2. The number of fused-ring (bicyclic) bond motifs is 1. The highest BCUT2D eigenvalue weighted by molar-refractivity contribution is 7.90. The van der Waals surface area contributed by atoms with Crippen molar-refractivity contribution >= 4 is 39.3 Å². The molecule has 14 heteroatoms. The zero-order chi connectivity index (χ0) is 20.5. The number of ether oxygens (including phenoxy) is 1. The van der Waals surface area contributed by atoms with Gasteiger partial charge in [0, 0.05) is 6.07 Å². The van der Waals surface area contributed by atoms with Gasteiger partial charge >= 0.3 is 6.03 Å². The maximum absolute atomic E-state index is 14.2. The van der Waals surface area contributed by atoms with Gasteiger partial charge in [0.1, 0.15) is 5.15 Å². The fraction of sp³-hybridized carbons (Fsp3) is 0.214. The molecule has 2 N–H and O–H groups in total. The largest absolute Gasteiger partial charge is 0.481 e. The van der Waals surface area contributed by atoms with E-state index in [0.717, 1.165) is 4.52 Å². The first-order chi connectivity index (χ1) is 13.2. The van der Waals surface area contributed by atoms with Crippen molar-refractivity contribution in [2.24, 2.45) is 0 Å². The average Bonchev–Trinajstić information content (AvgIpc) is 2.95. The molecule has 28 heavy (non-hydrogen) atoms. The predicted molar refractivity (Wildman–Crippen MR) is 95.3 cm³/mol. The number of nitrogens with one attached hydrogen (secondary N) is 2. The number of carbonyl (C=O) groups excluding carboxylic acids is 1. The first-order valence-electron chi connectivity index (χ1n) is 7.70. The van der Waals surface area contributed by atoms with Crippen LogP contribution in [0.3, 0.4) is 0 Å². The number of imidazole rings is 1. The fourth-order valence-electron chi connectivity index (χ4n) is 2.19. The van der Waals surface area contributed by atoms with Crippen molar-refractivity contribution < 1.29 is 22.3 Å². The van der Waals surface area contributed by atoms with Gasteiger partial charge in [0.15, 0.2) is 5.65 Å². The van der Waals surface area contributed by atoms with E-state index in [1.54, 1.807) is 17.7 Å². The Balaban J connectivity index is 1.90. The maximum Gasteiger partial charge on any atom is 0.335 e. The van der Waals surface area contributed by atoms with Crippen molar-refractivity contribution in [1.82, 2.24) is 29.3 Å². The van der Waals surface area contributed by atoms with Crippen molar-refractivity contribution in [3.05, 3.63) is 35.0 Å². The summed E-state index contributed by atoms with van der Waals surface area (Å²) in [5.41, 5.74) is 0.476. The number of aromatic nitrogens is 5. The fourth-order valence-corrected chi connectivity index (χ4v) is 3.39. The molecule has 3 heterocycles. The SMILES string of the molecule is CCc1ccc2nc(F)c(S(=O)(=O)NC(=O)Nc3nc(Cl)cc(OC)n3)n2n1.